The molecule has 0 bridgehead atoms. The summed E-state index contributed by atoms with van der Waals surface area (Å²) in [6, 6.07) is 2.99. The van der Waals surface area contributed by atoms with Crippen molar-refractivity contribution in [2.75, 3.05) is 10.5 Å². The molecule has 0 radical (unpaired) electrons. The Morgan fingerprint density at radius 3 is 2.47 bits per heavy atom. The molecule has 1 aromatic rings. The van der Waals surface area contributed by atoms with Gasteiger partial charge in [-0.1, -0.05) is 6.07 Å². The van der Waals surface area contributed by atoms with E-state index in [0.717, 1.165) is 5.56 Å². The number of sulfonamides is 1. The summed E-state index contributed by atoms with van der Waals surface area (Å²) in [5.74, 6) is -0.545. The molecule has 0 saturated heterocycles. The van der Waals surface area contributed by atoms with Crippen molar-refractivity contribution in [3.63, 3.8) is 0 Å². The Morgan fingerprint density at radius 1 is 1.32 bits per heavy atom. The van der Waals surface area contributed by atoms with Gasteiger partial charge in [0.25, 0.3) is 0 Å². The Labute approximate surface area is 109 Å². The molecule has 1 rings (SSSR count). The molecular formula is C10H14F3N3O2S. The first-order valence-corrected chi connectivity index (χ1v) is 7.09. The van der Waals surface area contributed by atoms with Gasteiger partial charge < -0.3 is 5.73 Å². The van der Waals surface area contributed by atoms with Crippen LogP contribution in [0.3, 0.4) is 0 Å². The van der Waals surface area contributed by atoms with E-state index >= 15 is 0 Å². The summed E-state index contributed by atoms with van der Waals surface area (Å²) >= 11 is 0. The molecule has 5 nitrogen and oxygen atoms in total. The average Bonchev–Trinajstić information content (AvgIpc) is 2.27. The summed E-state index contributed by atoms with van der Waals surface area (Å²) in [6.07, 6.45) is -4.57. The van der Waals surface area contributed by atoms with Crippen molar-refractivity contribution in [1.82, 2.24) is 4.98 Å². The summed E-state index contributed by atoms with van der Waals surface area (Å²) in [4.78, 5) is 3.80. The van der Waals surface area contributed by atoms with Crippen molar-refractivity contribution in [3.8, 4) is 0 Å². The van der Waals surface area contributed by atoms with Gasteiger partial charge in [-0.2, -0.15) is 13.2 Å². The van der Waals surface area contributed by atoms with Gasteiger partial charge in [0.2, 0.25) is 10.0 Å². The molecule has 0 saturated carbocycles. The molecule has 1 aromatic heterocycles. The number of aromatic nitrogens is 1. The Morgan fingerprint density at radius 2 is 2.00 bits per heavy atom. The van der Waals surface area contributed by atoms with E-state index in [1.54, 1.807) is 6.07 Å². The number of hydrogen-bond donors (Lipinski definition) is 2. The predicted molar refractivity (Wildman–Crippen MR) is 64.8 cm³/mol. The van der Waals surface area contributed by atoms with E-state index in [1.807, 2.05) is 0 Å². The molecule has 0 aliphatic heterocycles. The highest BCUT2D eigenvalue weighted by atomic mass is 32.2. The van der Waals surface area contributed by atoms with Crippen LogP contribution in [0.2, 0.25) is 0 Å². The topological polar surface area (TPSA) is 85.1 Å². The van der Waals surface area contributed by atoms with Crippen LogP contribution in [0.4, 0.5) is 19.0 Å². The van der Waals surface area contributed by atoms with Crippen molar-refractivity contribution in [2.45, 2.75) is 25.6 Å². The molecule has 108 valence electrons. The van der Waals surface area contributed by atoms with Crippen LogP contribution in [0.5, 0.6) is 0 Å². The van der Waals surface area contributed by atoms with Gasteiger partial charge in [0.05, 0.1) is 5.75 Å². The fourth-order valence-electron chi connectivity index (χ4n) is 1.28. The highest BCUT2D eigenvalue weighted by molar-refractivity contribution is 7.92. The first-order chi connectivity index (χ1) is 8.72. The van der Waals surface area contributed by atoms with Crippen molar-refractivity contribution < 1.29 is 21.6 Å². The molecule has 19 heavy (non-hydrogen) atoms. The van der Waals surface area contributed by atoms with Crippen LogP contribution in [-0.2, 0) is 16.6 Å². The number of alkyl halides is 3. The number of anilines is 1. The Hall–Kier alpha value is -1.35. The van der Waals surface area contributed by atoms with Crippen molar-refractivity contribution in [1.29, 1.82) is 0 Å². The van der Waals surface area contributed by atoms with Crippen LogP contribution >= 0.6 is 0 Å². The number of nitrogens with one attached hydrogen (secondary N) is 1. The highest BCUT2D eigenvalue weighted by Gasteiger charge is 2.27. The maximum Gasteiger partial charge on any atom is 0.389 e. The maximum absolute atomic E-state index is 11.9. The van der Waals surface area contributed by atoms with Crippen LogP contribution in [-0.4, -0.2) is 25.3 Å². The van der Waals surface area contributed by atoms with E-state index in [2.05, 4.69) is 9.71 Å². The van der Waals surface area contributed by atoms with Crippen LogP contribution in [0.25, 0.3) is 0 Å². The molecule has 9 heteroatoms. The number of halogens is 3. The summed E-state index contributed by atoms with van der Waals surface area (Å²) in [7, 11) is -3.82. The maximum atomic E-state index is 11.9. The summed E-state index contributed by atoms with van der Waals surface area (Å²) in [6.45, 7) is 0.269. The minimum absolute atomic E-state index is 0.0595. The first kappa shape index (κ1) is 15.7. The number of hydrogen-bond acceptors (Lipinski definition) is 4. The largest absolute Gasteiger partial charge is 0.389 e. The van der Waals surface area contributed by atoms with Gasteiger partial charge in [-0.25, -0.2) is 13.4 Å². The molecule has 3 N–H and O–H groups in total. The number of pyridine rings is 1. The monoisotopic (exact) mass is 297 g/mol. The first-order valence-electron chi connectivity index (χ1n) is 5.44. The number of nitrogens with two attached hydrogens (primary N) is 1. The lowest BCUT2D eigenvalue weighted by atomic mass is 10.3. The van der Waals surface area contributed by atoms with Gasteiger partial charge in [0.15, 0.2) is 0 Å². The lowest BCUT2D eigenvalue weighted by Crippen LogP contribution is -2.19. The van der Waals surface area contributed by atoms with Crippen molar-refractivity contribution >= 4 is 15.8 Å². The number of rotatable bonds is 6. The Bertz CT molecular complexity index is 500. The highest BCUT2D eigenvalue weighted by Crippen LogP contribution is 2.21. The molecule has 0 fully saturated rings. The standard InChI is InChI=1S/C10H14F3N3O2S/c11-10(12,13)4-1-5-19(17,18)16-9-3-2-8(6-14)7-15-9/h2-3,7H,1,4-6,14H2,(H,15,16). The normalized spacial score (nSPS) is 12.4. The lowest BCUT2D eigenvalue weighted by Gasteiger charge is -2.09. The summed E-state index contributed by atoms with van der Waals surface area (Å²) in [5, 5.41) is 0. The van der Waals surface area contributed by atoms with Gasteiger partial charge in [-0.15, -0.1) is 0 Å². The van der Waals surface area contributed by atoms with Crippen LogP contribution in [0.1, 0.15) is 18.4 Å². The zero-order valence-electron chi connectivity index (χ0n) is 9.94. The Kier molecular flexibility index (Phi) is 5.12. The molecule has 0 aliphatic rings. The SMILES string of the molecule is NCc1ccc(NS(=O)(=O)CCCC(F)(F)F)nc1. The molecular weight excluding hydrogens is 283 g/mol. The fourth-order valence-corrected chi connectivity index (χ4v) is 2.34. The second kappa shape index (κ2) is 6.20. The van der Waals surface area contributed by atoms with E-state index in [1.165, 1.54) is 12.3 Å². The van der Waals surface area contributed by atoms with Crippen molar-refractivity contribution in [3.05, 3.63) is 23.9 Å². The second-order valence-corrected chi connectivity index (χ2v) is 5.74. The van der Waals surface area contributed by atoms with E-state index in [4.69, 9.17) is 5.73 Å². The van der Waals surface area contributed by atoms with E-state index in [-0.39, 0.29) is 12.4 Å². The third-order valence-electron chi connectivity index (χ3n) is 2.19. The lowest BCUT2D eigenvalue weighted by molar-refractivity contribution is -0.134. The molecule has 0 spiro atoms. The van der Waals surface area contributed by atoms with Gasteiger partial charge in [-0.3, -0.25) is 4.72 Å². The minimum Gasteiger partial charge on any atom is -0.326 e. The van der Waals surface area contributed by atoms with E-state index < -0.39 is 34.8 Å². The van der Waals surface area contributed by atoms with Crippen LogP contribution < -0.4 is 10.5 Å². The second-order valence-electron chi connectivity index (χ2n) is 3.90. The smallest absolute Gasteiger partial charge is 0.326 e. The minimum atomic E-state index is -4.35. The molecule has 0 atom stereocenters. The van der Waals surface area contributed by atoms with Gasteiger partial charge in [-0.05, 0) is 18.1 Å². The van der Waals surface area contributed by atoms with Gasteiger partial charge >= 0.3 is 6.18 Å². The quantitative estimate of drug-likeness (QED) is 0.835. The zero-order valence-corrected chi connectivity index (χ0v) is 10.8. The van der Waals surface area contributed by atoms with Crippen LogP contribution in [0.15, 0.2) is 18.3 Å². The average molecular weight is 297 g/mol. The van der Waals surface area contributed by atoms with E-state index in [0.29, 0.717) is 0 Å². The summed E-state index contributed by atoms with van der Waals surface area (Å²) in [5.41, 5.74) is 6.07. The molecule has 0 aromatic carbocycles. The predicted octanol–water partition coefficient (Wildman–Crippen LogP) is 1.62. The van der Waals surface area contributed by atoms with Gasteiger partial charge in [0, 0.05) is 19.2 Å². The third-order valence-corrected chi connectivity index (χ3v) is 3.54. The summed E-state index contributed by atoms with van der Waals surface area (Å²) < 4.78 is 60.8. The van der Waals surface area contributed by atoms with Crippen molar-refractivity contribution in [2.24, 2.45) is 5.73 Å². The number of nitrogens with zero attached hydrogens (tertiary/aromatic N) is 1. The van der Waals surface area contributed by atoms with Crippen LogP contribution in [0, 0.1) is 0 Å². The zero-order chi connectivity index (χ0) is 14.5. The molecule has 0 amide bonds. The fraction of sp³-hybridized carbons (Fsp3) is 0.500. The Balaban J connectivity index is 2.54. The molecule has 1 heterocycles. The van der Waals surface area contributed by atoms with E-state index in [9.17, 15) is 21.6 Å². The molecule has 0 unspecified atom stereocenters. The molecule has 0 aliphatic carbocycles. The third kappa shape index (κ3) is 6.39. The van der Waals surface area contributed by atoms with Gasteiger partial charge in [0.1, 0.15) is 5.82 Å².